The van der Waals surface area contributed by atoms with Crippen LogP contribution in [0.25, 0.3) is 0 Å². The van der Waals surface area contributed by atoms with Crippen LogP contribution in [-0.4, -0.2) is 41.5 Å². The van der Waals surface area contributed by atoms with Crippen LogP contribution in [0.1, 0.15) is 23.1 Å². The van der Waals surface area contributed by atoms with E-state index < -0.39 is 5.97 Å². The van der Waals surface area contributed by atoms with Gasteiger partial charge < -0.3 is 10.4 Å². The molecule has 0 spiro atoms. The average Bonchev–Trinajstić information content (AvgIpc) is 2.30. The second kappa shape index (κ2) is 6.26. The number of carboxylic acid groups (broad SMARTS) is 1. The van der Waals surface area contributed by atoms with Gasteiger partial charge in [-0.15, -0.1) is 0 Å². The molecule has 0 radical (unpaired) electrons. The van der Waals surface area contributed by atoms with Crippen LogP contribution in [0.3, 0.4) is 0 Å². The molecule has 0 aliphatic carbocycles. The van der Waals surface area contributed by atoms with Crippen molar-refractivity contribution in [2.45, 2.75) is 27.2 Å². The zero-order chi connectivity index (χ0) is 15.6. The number of carbonyl (C=O) groups excluding carboxylic acids is 1. The molecule has 1 aromatic rings. The number of hydrogen-bond acceptors (Lipinski definition) is 3. The molecule has 5 heteroatoms. The molecule has 2 N–H and O–H groups in total. The molecule has 1 heterocycles. The lowest BCUT2D eigenvalue weighted by Crippen LogP contribution is -2.50. The zero-order valence-electron chi connectivity index (χ0n) is 12.8. The van der Waals surface area contributed by atoms with Crippen LogP contribution in [-0.2, 0) is 9.59 Å². The monoisotopic (exact) mass is 290 g/mol. The Hall–Kier alpha value is -1.88. The third-order valence-corrected chi connectivity index (χ3v) is 3.80. The number of anilines is 1. The Morgan fingerprint density at radius 3 is 2.33 bits per heavy atom. The summed E-state index contributed by atoms with van der Waals surface area (Å²) in [7, 11) is 0. The van der Waals surface area contributed by atoms with Crippen molar-refractivity contribution in [1.82, 2.24) is 4.90 Å². The van der Waals surface area contributed by atoms with Crippen molar-refractivity contribution < 1.29 is 14.7 Å². The first-order valence-electron chi connectivity index (χ1n) is 7.17. The van der Waals surface area contributed by atoms with Crippen molar-refractivity contribution in [3.8, 4) is 0 Å². The van der Waals surface area contributed by atoms with Gasteiger partial charge in [-0.2, -0.15) is 0 Å². The van der Waals surface area contributed by atoms with E-state index >= 15 is 0 Å². The third kappa shape index (κ3) is 4.04. The van der Waals surface area contributed by atoms with Crippen LogP contribution in [0, 0.1) is 26.7 Å². The van der Waals surface area contributed by atoms with E-state index in [4.69, 9.17) is 5.11 Å². The van der Waals surface area contributed by atoms with Crippen molar-refractivity contribution >= 4 is 17.6 Å². The molecule has 1 aromatic carbocycles. The fourth-order valence-corrected chi connectivity index (χ4v) is 2.94. The maximum atomic E-state index is 12.1. The maximum absolute atomic E-state index is 12.1. The van der Waals surface area contributed by atoms with Gasteiger partial charge in [-0.25, -0.2) is 0 Å². The molecule has 1 amide bonds. The van der Waals surface area contributed by atoms with Crippen molar-refractivity contribution in [2.24, 2.45) is 5.92 Å². The lowest BCUT2D eigenvalue weighted by Gasteiger charge is -2.37. The SMILES string of the molecule is Cc1cc(C)c(NC(=O)CN2CC(CC(=O)O)C2)c(C)c1. The summed E-state index contributed by atoms with van der Waals surface area (Å²) in [5.41, 5.74) is 4.19. The number of benzene rings is 1. The molecule has 0 atom stereocenters. The molecular formula is C16H22N2O3. The van der Waals surface area contributed by atoms with Gasteiger partial charge in [0.1, 0.15) is 0 Å². The number of hydrogen-bond donors (Lipinski definition) is 2. The Bertz CT molecular complexity index is 540. The smallest absolute Gasteiger partial charge is 0.303 e. The van der Waals surface area contributed by atoms with Gasteiger partial charge >= 0.3 is 5.97 Å². The summed E-state index contributed by atoms with van der Waals surface area (Å²) >= 11 is 0. The number of nitrogens with one attached hydrogen (secondary N) is 1. The lowest BCUT2D eigenvalue weighted by atomic mass is 9.96. The van der Waals surface area contributed by atoms with E-state index in [2.05, 4.69) is 17.4 Å². The summed E-state index contributed by atoms with van der Waals surface area (Å²) in [6, 6.07) is 4.10. The van der Waals surface area contributed by atoms with Gasteiger partial charge in [-0.1, -0.05) is 17.7 Å². The Morgan fingerprint density at radius 2 is 1.81 bits per heavy atom. The molecule has 114 valence electrons. The first-order chi connectivity index (χ1) is 9.85. The molecule has 1 aliphatic rings. The number of amides is 1. The van der Waals surface area contributed by atoms with Crippen LogP contribution in [0.2, 0.25) is 0 Å². The van der Waals surface area contributed by atoms with Gasteiger partial charge in [0.2, 0.25) is 5.91 Å². The number of aryl methyl sites for hydroxylation is 3. The second-order valence-electron chi connectivity index (χ2n) is 5.98. The molecular weight excluding hydrogens is 268 g/mol. The van der Waals surface area contributed by atoms with Crippen molar-refractivity contribution in [3.05, 3.63) is 28.8 Å². The van der Waals surface area contributed by atoms with Crippen LogP contribution in [0.4, 0.5) is 5.69 Å². The molecule has 1 saturated heterocycles. The predicted molar refractivity (Wildman–Crippen MR) is 81.5 cm³/mol. The summed E-state index contributed by atoms with van der Waals surface area (Å²) in [6.07, 6.45) is 0.189. The molecule has 5 nitrogen and oxygen atoms in total. The first kappa shape index (κ1) is 15.5. The highest BCUT2D eigenvalue weighted by atomic mass is 16.4. The maximum Gasteiger partial charge on any atom is 0.303 e. The van der Waals surface area contributed by atoms with Gasteiger partial charge in [0.05, 0.1) is 13.0 Å². The highest BCUT2D eigenvalue weighted by molar-refractivity contribution is 5.93. The number of carbonyl (C=O) groups is 2. The third-order valence-electron chi connectivity index (χ3n) is 3.80. The second-order valence-corrected chi connectivity index (χ2v) is 5.98. The summed E-state index contributed by atoms with van der Waals surface area (Å²) in [4.78, 5) is 24.6. The molecule has 0 saturated carbocycles. The van der Waals surface area contributed by atoms with Crippen molar-refractivity contribution in [2.75, 3.05) is 25.0 Å². The van der Waals surface area contributed by atoms with E-state index in [1.54, 1.807) is 0 Å². The molecule has 0 aromatic heterocycles. The Kier molecular flexibility index (Phi) is 4.63. The standard InChI is InChI=1S/C16H22N2O3/c1-10-4-11(2)16(12(3)5-10)17-14(19)9-18-7-13(8-18)6-15(20)21/h4-5,13H,6-9H2,1-3H3,(H,17,19)(H,20,21). The molecule has 0 unspecified atom stereocenters. The fraction of sp³-hybridized carbons (Fsp3) is 0.500. The summed E-state index contributed by atoms with van der Waals surface area (Å²) in [5.74, 6) is -0.632. The van der Waals surface area contributed by atoms with E-state index in [0.29, 0.717) is 19.6 Å². The van der Waals surface area contributed by atoms with E-state index in [1.807, 2.05) is 25.7 Å². The number of aliphatic carboxylic acids is 1. The van der Waals surface area contributed by atoms with Crippen molar-refractivity contribution in [1.29, 1.82) is 0 Å². The average molecular weight is 290 g/mol. The fourth-order valence-electron chi connectivity index (χ4n) is 2.94. The van der Waals surface area contributed by atoms with E-state index in [9.17, 15) is 9.59 Å². The van der Waals surface area contributed by atoms with E-state index in [-0.39, 0.29) is 18.2 Å². The van der Waals surface area contributed by atoms with Gasteiger partial charge in [-0.3, -0.25) is 14.5 Å². The molecule has 0 bridgehead atoms. The predicted octanol–water partition coefficient (Wildman–Crippen LogP) is 1.96. The van der Waals surface area contributed by atoms with Gasteiger partial charge in [0, 0.05) is 18.8 Å². The van der Waals surface area contributed by atoms with Gasteiger partial charge in [0.15, 0.2) is 0 Å². The quantitative estimate of drug-likeness (QED) is 0.869. The van der Waals surface area contributed by atoms with Crippen LogP contribution < -0.4 is 5.32 Å². The normalized spacial score (nSPS) is 15.6. The summed E-state index contributed by atoms with van der Waals surface area (Å²) in [6.45, 7) is 7.71. The minimum atomic E-state index is -0.769. The summed E-state index contributed by atoms with van der Waals surface area (Å²) in [5, 5.41) is 11.7. The zero-order valence-corrected chi connectivity index (χ0v) is 12.8. The lowest BCUT2D eigenvalue weighted by molar-refractivity contribution is -0.139. The highest BCUT2D eigenvalue weighted by Crippen LogP contribution is 2.23. The number of likely N-dealkylation sites (tertiary alicyclic amines) is 1. The largest absolute Gasteiger partial charge is 0.481 e. The van der Waals surface area contributed by atoms with Crippen molar-refractivity contribution in [3.63, 3.8) is 0 Å². The minimum Gasteiger partial charge on any atom is -0.481 e. The van der Waals surface area contributed by atoms with E-state index in [0.717, 1.165) is 16.8 Å². The minimum absolute atomic E-state index is 0.0428. The number of nitrogens with zero attached hydrogens (tertiary/aromatic N) is 1. The van der Waals surface area contributed by atoms with Gasteiger partial charge in [-0.05, 0) is 37.8 Å². The topological polar surface area (TPSA) is 69.6 Å². The Morgan fingerprint density at radius 1 is 1.24 bits per heavy atom. The number of rotatable bonds is 5. The van der Waals surface area contributed by atoms with Crippen LogP contribution in [0.5, 0.6) is 0 Å². The highest BCUT2D eigenvalue weighted by Gasteiger charge is 2.29. The van der Waals surface area contributed by atoms with Gasteiger partial charge in [0.25, 0.3) is 0 Å². The molecule has 1 fully saturated rings. The molecule has 2 rings (SSSR count). The Labute approximate surface area is 125 Å². The van der Waals surface area contributed by atoms with Crippen LogP contribution >= 0.6 is 0 Å². The molecule has 1 aliphatic heterocycles. The van der Waals surface area contributed by atoms with Crippen LogP contribution in [0.15, 0.2) is 12.1 Å². The Balaban J connectivity index is 1.85. The van der Waals surface area contributed by atoms with E-state index in [1.165, 1.54) is 5.56 Å². The summed E-state index contributed by atoms with van der Waals surface area (Å²) < 4.78 is 0. The molecule has 21 heavy (non-hydrogen) atoms. The number of carboxylic acids is 1. The first-order valence-corrected chi connectivity index (χ1v) is 7.17.